The molecule has 0 radical (unpaired) electrons. The normalized spacial score (nSPS) is 11.9. The van der Waals surface area contributed by atoms with E-state index in [1.54, 1.807) is 0 Å². The molecule has 0 fully saturated rings. The van der Waals surface area contributed by atoms with E-state index in [0.29, 0.717) is 13.0 Å². The van der Waals surface area contributed by atoms with Crippen molar-refractivity contribution in [2.75, 3.05) is 0 Å². The third-order valence-corrected chi connectivity index (χ3v) is 3.97. The fourth-order valence-electron chi connectivity index (χ4n) is 2.63. The molecule has 0 saturated heterocycles. The molecule has 24 heavy (non-hydrogen) atoms. The molecule has 3 rings (SSSR count). The van der Waals surface area contributed by atoms with Crippen molar-refractivity contribution in [3.63, 3.8) is 0 Å². The molecule has 1 amide bonds. The Balaban J connectivity index is 1.65. The predicted molar refractivity (Wildman–Crippen MR) is 96.9 cm³/mol. The van der Waals surface area contributed by atoms with E-state index in [9.17, 15) is 4.79 Å². The van der Waals surface area contributed by atoms with Gasteiger partial charge in [-0.3, -0.25) is 4.79 Å². The van der Waals surface area contributed by atoms with Crippen molar-refractivity contribution in [1.29, 1.82) is 0 Å². The Morgan fingerprint density at radius 3 is 2.42 bits per heavy atom. The first-order chi connectivity index (χ1) is 11.8. The maximum atomic E-state index is 12.4. The average Bonchev–Trinajstić information content (AvgIpc) is 2.65. The van der Waals surface area contributed by atoms with Crippen molar-refractivity contribution in [2.24, 2.45) is 0 Å². The van der Waals surface area contributed by atoms with Crippen LogP contribution >= 0.6 is 0 Å². The lowest BCUT2D eigenvalue weighted by Gasteiger charge is -2.17. The van der Waals surface area contributed by atoms with Gasteiger partial charge < -0.3 is 10.1 Å². The molecule has 3 aromatic carbocycles. The molecule has 122 valence electrons. The van der Waals surface area contributed by atoms with Crippen LogP contribution in [-0.4, -0.2) is 12.0 Å². The van der Waals surface area contributed by atoms with Crippen LogP contribution in [0.4, 0.5) is 0 Å². The number of benzene rings is 3. The Labute approximate surface area is 142 Å². The second-order valence-electron chi connectivity index (χ2n) is 5.73. The van der Waals surface area contributed by atoms with Gasteiger partial charge in [0.2, 0.25) is 0 Å². The van der Waals surface area contributed by atoms with E-state index >= 15 is 0 Å². The summed E-state index contributed by atoms with van der Waals surface area (Å²) in [5.74, 6) is 0.630. The Morgan fingerprint density at radius 1 is 0.958 bits per heavy atom. The molecule has 3 nitrogen and oxygen atoms in total. The summed E-state index contributed by atoms with van der Waals surface area (Å²) in [6, 6.07) is 23.9. The SMILES string of the molecule is CCC(Oc1ccc2ccccc2c1)C(=O)NCc1ccccc1. The van der Waals surface area contributed by atoms with Gasteiger partial charge >= 0.3 is 0 Å². The Kier molecular flexibility index (Phi) is 5.12. The van der Waals surface area contributed by atoms with Gasteiger partial charge in [0, 0.05) is 6.54 Å². The van der Waals surface area contributed by atoms with Crippen molar-refractivity contribution in [2.45, 2.75) is 26.0 Å². The molecule has 0 aliphatic rings. The first-order valence-electron chi connectivity index (χ1n) is 8.23. The summed E-state index contributed by atoms with van der Waals surface area (Å²) in [6.45, 7) is 2.46. The maximum absolute atomic E-state index is 12.4. The highest BCUT2D eigenvalue weighted by atomic mass is 16.5. The number of hydrogen-bond acceptors (Lipinski definition) is 2. The van der Waals surface area contributed by atoms with Gasteiger partial charge in [0.05, 0.1) is 0 Å². The molecule has 0 bridgehead atoms. The quantitative estimate of drug-likeness (QED) is 0.735. The van der Waals surface area contributed by atoms with Crippen LogP contribution in [0.1, 0.15) is 18.9 Å². The van der Waals surface area contributed by atoms with Gasteiger partial charge in [0.25, 0.3) is 5.91 Å². The zero-order valence-electron chi connectivity index (χ0n) is 13.7. The lowest BCUT2D eigenvalue weighted by Crippen LogP contribution is -2.37. The molecule has 1 atom stereocenters. The highest BCUT2D eigenvalue weighted by Gasteiger charge is 2.18. The molecule has 0 saturated carbocycles. The van der Waals surface area contributed by atoms with E-state index in [1.165, 1.54) is 0 Å². The molecule has 1 unspecified atom stereocenters. The lowest BCUT2D eigenvalue weighted by atomic mass is 10.1. The van der Waals surface area contributed by atoms with Crippen molar-refractivity contribution < 1.29 is 9.53 Å². The van der Waals surface area contributed by atoms with Crippen LogP contribution in [0.15, 0.2) is 72.8 Å². The minimum Gasteiger partial charge on any atom is -0.481 e. The molecule has 3 aromatic rings. The van der Waals surface area contributed by atoms with E-state index in [4.69, 9.17) is 4.74 Å². The number of carbonyl (C=O) groups is 1. The summed E-state index contributed by atoms with van der Waals surface area (Å²) >= 11 is 0. The zero-order chi connectivity index (χ0) is 16.8. The third kappa shape index (κ3) is 3.93. The molecule has 0 aliphatic heterocycles. The molecule has 0 aromatic heterocycles. The van der Waals surface area contributed by atoms with E-state index < -0.39 is 6.10 Å². The molecule has 0 aliphatic carbocycles. The Hall–Kier alpha value is -2.81. The topological polar surface area (TPSA) is 38.3 Å². The smallest absolute Gasteiger partial charge is 0.261 e. The number of fused-ring (bicyclic) bond motifs is 1. The van der Waals surface area contributed by atoms with Crippen LogP contribution in [0.3, 0.4) is 0 Å². The molecular formula is C21H21NO2. The minimum atomic E-state index is -0.491. The molecule has 1 N–H and O–H groups in total. The molecule has 0 spiro atoms. The number of rotatable bonds is 6. The largest absolute Gasteiger partial charge is 0.481 e. The van der Waals surface area contributed by atoms with E-state index in [1.807, 2.05) is 73.7 Å². The van der Waals surface area contributed by atoms with Crippen LogP contribution in [0.25, 0.3) is 10.8 Å². The van der Waals surface area contributed by atoms with Crippen molar-refractivity contribution in [1.82, 2.24) is 5.32 Å². The van der Waals surface area contributed by atoms with Gasteiger partial charge in [-0.25, -0.2) is 0 Å². The summed E-state index contributed by atoms with van der Waals surface area (Å²) in [6.07, 6.45) is 0.128. The number of hydrogen-bond donors (Lipinski definition) is 1. The number of amides is 1. The highest BCUT2D eigenvalue weighted by molar-refractivity contribution is 5.84. The second-order valence-corrected chi connectivity index (χ2v) is 5.73. The third-order valence-electron chi connectivity index (χ3n) is 3.97. The number of ether oxygens (including phenoxy) is 1. The van der Waals surface area contributed by atoms with Gasteiger partial charge in [-0.1, -0.05) is 67.6 Å². The number of carbonyl (C=O) groups excluding carboxylic acids is 1. The van der Waals surface area contributed by atoms with E-state index in [0.717, 1.165) is 22.1 Å². The van der Waals surface area contributed by atoms with Crippen LogP contribution in [0.2, 0.25) is 0 Å². The minimum absolute atomic E-state index is 0.0884. The lowest BCUT2D eigenvalue weighted by molar-refractivity contribution is -0.128. The standard InChI is InChI=1S/C21H21NO2/c1-2-20(21(23)22-15-16-8-4-3-5-9-16)24-19-13-12-17-10-6-7-11-18(17)14-19/h3-14,20H,2,15H2,1H3,(H,22,23). The summed E-state index contributed by atoms with van der Waals surface area (Å²) in [4.78, 5) is 12.4. The monoisotopic (exact) mass is 319 g/mol. The molecule has 0 heterocycles. The zero-order valence-corrected chi connectivity index (χ0v) is 13.7. The molecular weight excluding hydrogens is 298 g/mol. The fraction of sp³-hybridized carbons (Fsp3) is 0.190. The number of nitrogens with one attached hydrogen (secondary N) is 1. The first-order valence-corrected chi connectivity index (χ1v) is 8.23. The van der Waals surface area contributed by atoms with Crippen LogP contribution in [-0.2, 0) is 11.3 Å². The average molecular weight is 319 g/mol. The van der Waals surface area contributed by atoms with Gasteiger partial charge in [-0.05, 0) is 34.9 Å². The summed E-state index contributed by atoms with van der Waals surface area (Å²) < 4.78 is 5.91. The highest BCUT2D eigenvalue weighted by Crippen LogP contribution is 2.22. The van der Waals surface area contributed by atoms with Crippen molar-refractivity contribution in [3.05, 3.63) is 78.4 Å². The van der Waals surface area contributed by atoms with E-state index in [2.05, 4.69) is 11.4 Å². The molecule has 3 heteroatoms. The fourth-order valence-corrected chi connectivity index (χ4v) is 2.63. The predicted octanol–water partition coefficient (Wildman–Crippen LogP) is 4.31. The first kappa shape index (κ1) is 16.1. The van der Waals surface area contributed by atoms with Crippen LogP contribution in [0.5, 0.6) is 5.75 Å². The van der Waals surface area contributed by atoms with Gasteiger partial charge in [0.15, 0.2) is 6.10 Å². The second kappa shape index (κ2) is 7.64. The maximum Gasteiger partial charge on any atom is 0.261 e. The van der Waals surface area contributed by atoms with Crippen molar-refractivity contribution in [3.8, 4) is 5.75 Å². The van der Waals surface area contributed by atoms with Gasteiger partial charge in [0.1, 0.15) is 5.75 Å². The summed E-state index contributed by atoms with van der Waals surface area (Å²) in [7, 11) is 0. The Bertz CT molecular complexity index is 814. The Morgan fingerprint density at radius 2 is 1.67 bits per heavy atom. The van der Waals surface area contributed by atoms with Crippen molar-refractivity contribution >= 4 is 16.7 Å². The summed E-state index contributed by atoms with van der Waals surface area (Å²) in [5, 5.41) is 5.21. The van der Waals surface area contributed by atoms with Crippen LogP contribution < -0.4 is 10.1 Å². The van der Waals surface area contributed by atoms with Gasteiger partial charge in [-0.2, -0.15) is 0 Å². The van der Waals surface area contributed by atoms with Crippen LogP contribution in [0, 0.1) is 0 Å². The summed E-state index contributed by atoms with van der Waals surface area (Å²) in [5.41, 5.74) is 1.08. The van der Waals surface area contributed by atoms with E-state index in [-0.39, 0.29) is 5.91 Å². The van der Waals surface area contributed by atoms with Gasteiger partial charge in [-0.15, -0.1) is 0 Å².